The Bertz CT molecular complexity index is 1430. The van der Waals surface area contributed by atoms with E-state index in [-0.39, 0.29) is 28.9 Å². The van der Waals surface area contributed by atoms with E-state index in [0.29, 0.717) is 0 Å². The average Bonchev–Trinajstić information content (AvgIpc) is 3.42. The lowest BCUT2D eigenvalue weighted by Crippen LogP contribution is -2.77. The number of rotatable bonds is 0. The van der Waals surface area contributed by atoms with E-state index in [4.69, 9.17) is 0 Å². The fraction of sp³-hybridized carbons (Fsp3) is 0.235. The summed E-state index contributed by atoms with van der Waals surface area (Å²) in [6.07, 6.45) is -4.24. The van der Waals surface area contributed by atoms with Gasteiger partial charge < -0.3 is 0 Å². The second-order valence-corrected chi connectivity index (χ2v) is 7.16. The number of hydrogen-bond acceptors (Lipinski definition) is 5. The zero-order valence-electron chi connectivity index (χ0n) is 15.8. The molecule has 15 heteroatoms. The fourth-order valence-corrected chi connectivity index (χ4v) is 4.11. The lowest BCUT2D eigenvalue weighted by atomic mass is 10.2. The number of alkyl halides is 6. The van der Waals surface area contributed by atoms with Gasteiger partial charge in [0.25, 0.3) is 17.2 Å². The molecular weight excluding hydrogens is 444 g/mol. The van der Waals surface area contributed by atoms with Gasteiger partial charge >= 0.3 is 18.3 Å². The predicted molar refractivity (Wildman–Crippen MR) is 88.0 cm³/mol. The van der Waals surface area contributed by atoms with Gasteiger partial charge in [0.15, 0.2) is 12.4 Å². The first-order valence-corrected chi connectivity index (χ1v) is 9.02. The summed E-state index contributed by atoms with van der Waals surface area (Å²) in [6, 6.07) is 1.70. The van der Waals surface area contributed by atoms with E-state index in [9.17, 15) is 26.3 Å². The van der Waals surface area contributed by atoms with Gasteiger partial charge in [-0.05, 0) is 6.92 Å². The number of halogens is 6. The highest BCUT2D eigenvalue weighted by Crippen LogP contribution is 2.39. The number of fused-ring (bicyclic) bond motifs is 10. The lowest BCUT2D eigenvalue weighted by molar-refractivity contribution is -0.990. The van der Waals surface area contributed by atoms with Gasteiger partial charge in [-0.1, -0.05) is 18.5 Å². The molecule has 4 aromatic rings. The fourth-order valence-electron chi connectivity index (χ4n) is 4.11. The van der Waals surface area contributed by atoms with Crippen molar-refractivity contribution in [1.29, 1.82) is 0 Å². The van der Waals surface area contributed by atoms with E-state index >= 15 is 0 Å². The molecule has 0 saturated carbocycles. The molecule has 0 amide bonds. The number of pyridine rings is 1. The Morgan fingerprint density at radius 2 is 1.56 bits per heavy atom. The quantitative estimate of drug-likeness (QED) is 0.256. The van der Waals surface area contributed by atoms with E-state index < -0.39 is 29.7 Å². The van der Waals surface area contributed by atoms with Crippen LogP contribution >= 0.6 is 0 Å². The maximum absolute atomic E-state index is 13.4. The van der Waals surface area contributed by atoms with Crippen molar-refractivity contribution in [1.82, 2.24) is 34.5 Å². The highest BCUT2D eigenvalue weighted by atomic mass is 19.4. The first-order valence-electron chi connectivity index (χ1n) is 9.02. The van der Waals surface area contributed by atoms with Gasteiger partial charge in [0, 0.05) is 12.1 Å². The SMILES string of the molecule is Cc1nc2n(n1)C1(n3nc(C(F)(F)F)nc3-c3cncc[n+]31)[n+]1ccc(C(F)(F)F)cc1-2. The topological polar surface area (TPSA) is 82.1 Å². The molecule has 0 bridgehead atoms. The van der Waals surface area contributed by atoms with Crippen LogP contribution in [0.15, 0.2) is 36.9 Å². The van der Waals surface area contributed by atoms with Crippen LogP contribution in [-0.4, -0.2) is 34.5 Å². The largest absolute Gasteiger partial charge is 0.586 e. The van der Waals surface area contributed by atoms with Crippen molar-refractivity contribution in [2.75, 3.05) is 0 Å². The molecule has 6 rings (SSSR count). The zero-order chi connectivity index (χ0) is 22.6. The first kappa shape index (κ1) is 18.8. The molecule has 2 aliphatic rings. The van der Waals surface area contributed by atoms with Crippen molar-refractivity contribution in [3.63, 3.8) is 0 Å². The van der Waals surface area contributed by atoms with Crippen LogP contribution in [-0.2, 0) is 18.3 Å². The highest BCUT2D eigenvalue weighted by molar-refractivity contribution is 5.52. The van der Waals surface area contributed by atoms with Gasteiger partial charge in [0.05, 0.1) is 11.8 Å². The van der Waals surface area contributed by atoms with E-state index in [1.807, 2.05) is 0 Å². The number of nitrogens with zero attached hydrogens (tertiary/aromatic N) is 9. The molecule has 2 aliphatic heterocycles. The second-order valence-electron chi connectivity index (χ2n) is 7.16. The smallest absolute Gasteiger partial charge is 0.251 e. The van der Waals surface area contributed by atoms with Gasteiger partial charge in [-0.25, -0.2) is 4.98 Å². The third-order valence-corrected chi connectivity index (χ3v) is 5.29. The molecule has 1 unspecified atom stereocenters. The summed E-state index contributed by atoms with van der Waals surface area (Å²) in [6.45, 7) is 1.52. The maximum atomic E-state index is 13.4. The molecule has 0 aliphatic carbocycles. The Labute approximate surface area is 173 Å². The molecule has 1 spiro atoms. The van der Waals surface area contributed by atoms with Gasteiger partial charge in [-0.15, -0.1) is 10.2 Å². The molecule has 1 atom stereocenters. The molecule has 32 heavy (non-hydrogen) atoms. The van der Waals surface area contributed by atoms with E-state index in [0.717, 1.165) is 23.0 Å². The minimum absolute atomic E-state index is 0.00686. The Kier molecular flexibility index (Phi) is 3.21. The standard InChI is InChI=1S/C17H9F6N9/c1-8-25-12-10-6-9(15(18,19)20)2-4-29(10)17(31(12)27-8)30-5-3-24-7-11(30)13-26-14(16(21,22)23)28-32(13)17/h2-7H,1H3/q+2. The van der Waals surface area contributed by atoms with Crippen LogP contribution < -0.4 is 9.13 Å². The monoisotopic (exact) mass is 453 g/mol. The Balaban J connectivity index is 1.76. The molecule has 0 radical (unpaired) electrons. The third-order valence-electron chi connectivity index (χ3n) is 5.29. The van der Waals surface area contributed by atoms with Gasteiger partial charge in [0.2, 0.25) is 11.6 Å². The minimum Gasteiger partial charge on any atom is -0.251 e. The summed E-state index contributed by atoms with van der Waals surface area (Å²) in [5.41, 5.74) is -0.789. The third kappa shape index (κ3) is 2.12. The molecule has 6 heterocycles. The Morgan fingerprint density at radius 3 is 2.28 bits per heavy atom. The van der Waals surface area contributed by atoms with E-state index in [1.165, 1.54) is 39.3 Å². The molecule has 0 fully saturated rings. The minimum atomic E-state index is -4.85. The lowest BCUT2D eigenvalue weighted by Gasteiger charge is -2.15. The van der Waals surface area contributed by atoms with Crippen molar-refractivity contribution in [2.45, 2.75) is 25.2 Å². The number of aromatic nitrogens is 9. The van der Waals surface area contributed by atoms with Crippen molar-refractivity contribution < 1.29 is 35.5 Å². The summed E-state index contributed by atoms with van der Waals surface area (Å²) in [5, 5.41) is 7.99. The van der Waals surface area contributed by atoms with Crippen LogP contribution in [0.5, 0.6) is 0 Å². The van der Waals surface area contributed by atoms with Crippen molar-refractivity contribution in [3.8, 4) is 23.0 Å². The van der Waals surface area contributed by atoms with Gasteiger partial charge in [0.1, 0.15) is 12.0 Å². The Hall–Kier alpha value is -3.91. The van der Waals surface area contributed by atoms with Crippen molar-refractivity contribution in [2.24, 2.45) is 0 Å². The molecule has 9 nitrogen and oxygen atoms in total. The second kappa shape index (κ2) is 5.46. The Morgan fingerprint density at radius 1 is 0.875 bits per heavy atom. The molecular formula is C17H9F6N9+2. The molecule has 4 aromatic heterocycles. The average molecular weight is 453 g/mol. The number of aryl methyl sites for hydroxylation is 1. The molecule has 0 aromatic carbocycles. The van der Waals surface area contributed by atoms with E-state index in [1.54, 1.807) is 0 Å². The van der Waals surface area contributed by atoms with Crippen LogP contribution in [0.1, 0.15) is 17.2 Å². The first-order chi connectivity index (χ1) is 15.0. The molecule has 0 N–H and O–H groups in total. The maximum Gasteiger partial charge on any atom is 0.586 e. The zero-order valence-corrected chi connectivity index (χ0v) is 15.8. The van der Waals surface area contributed by atoms with Crippen LogP contribution in [0.25, 0.3) is 23.0 Å². The van der Waals surface area contributed by atoms with E-state index in [2.05, 4.69) is 25.1 Å². The predicted octanol–water partition coefficient (Wildman–Crippen LogP) is 1.36. The summed E-state index contributed by atoms with van der Waals surface area (Å²) in [7, 11) is 0. The van der Waals surface area contributed by atoms with Crippen molar-refractivity contribution >= 4 is 0 Å². The highest BCUT2D eigenvalue weighted by Gasteiger charge is 2.71. The summed E-state index contributed by atoms with van der Waals surface area (Å²) in [4.78, 5) is 11.8. The van der Waals surface area contributed by atoms with Crippen molar-refractivity contribution in [3.05, 3.63) is 54.1 Å². The molecule has 0 saturated heterocycles. The summed E-state index contributed by atoms with van der Waals surface area (Å²) in [5.74, 6) is -3.13. The normalized spacial score (nSPS) is 18.6. The van der Waals surface area contributed by atoms with Crippen LogP contribution in [0.2, 0.25) is 0 Å². The molecule has 162 valence electrons. The van der Waals surface area contributed by atoms with Crippen LogP contribution in [0.4, 0.5) is 26.3 Å². The van der Waals surface area contributed by atoms with Gasteiger partial charge in [-0.3, -0.25) is 4.98 Å². The van der Waals surface area contributed by atoms with Crippen LogP contribution in [0, 0.1) is 6.92 Å². The van der Waals surface area contributed by atoms with Crippen LogP contribution in [0.3, 0.4) is 0 Å². The summed E-state index contributed by atoms with van der Waals surface area (Å²) < 4.78 is 85.5. The summed E-state index contributed by atoms with van der Waals surface area (Å²) >= 11 is 0. The van der Waals surface area contributed by atoms with Gasteiger partial charge in [-0.2, -0.15) is 31.3 Å². The number of hydrogen-bond donors (Lipinski definition) is 0.